The molecule has 0 unspecified atom stereocenters. The predicted octanol–water partition coefficient (Wildman–Crippen LogP) is 3.51. The number of carbonyl (C=O) groups excluding carboxylic acids is 2. The van der Waals surface area contributed by atoms with E-state index in [1.165, 1.54) is 0 Å². The second-order valence-corrected chi connectivity index (χ2v) is 7.51. The summed E-state index contributed by atoms with van der Waals surface area (Å²) in [7, 11) is 3.32. The SMILES string of the molecule is CCc1nc2ccc(C(=O)NCc3ccc(OC)cc3)cn2c1N(C)C(=O)c1ccncc1. The molecule has 0 aliphatic carbocycles. The fourth-order valence-corrected chi connectivity index (χ4v) is 3.62. The van der Waals surface area contributed by atoms with Crippen molar-refractivity contribution in [1.29, 1.82) is 0 Å². The molecule has 0 saturated carbocycles. The fourth-order valence-electron chi connectivity index (χ4n) is 3.62. The molecular weight excluding hydrogens is 418 g/mol. The van der Waals surface area contributed by atoms with Crippen molar-refractivity contribution in [1.82, 2.24) is 19.7 Å². The highest BCUT2D eigenvalue weighted by Crippen LogP contribution is 2.24. The lowest BCUT2D eigenvalue weighted by molar-refractivity contribution is 0.0949. The van der Waals surface area contributed by atoms with E-state index in [0.29, 0.717) is 35.6 Å². The molecule has 3 heterocycles. The van der Waals surface area contributed by atoms with E-state index in [1.807, 2.05) is 31.2 Å². The Kier molecular flexibility index (Phi) is 6.35. The largest absolute Gasteiger partial charge is 0.497 e. The molecule has 0 aliphatic rings. The first-order valence-corrected chi connectivity index (χ1v) is 10.6. The lowest BCUT2D eigenvalue weighted by atomic mass is 10.2. The van der Waals surface area contributed by atoms with E-state index in [2.05, 4.69) is 15.3 Å². The minimum atomic E-state index is -0.214. The Morgan fingerprint density at radius 1 is 1.03 bits per heavy atom. The minimum Gasteiger partial charge on any atom is -0.497 e. The number of anilines is 1. The molecule has 3 aromatic heterocycles. The van der Waals surface area contributed by atoms with Crippen molar-refractivity contribution in [2.45, 2.75) is 19.9 Å². The van der Waals surface area contributed by atoms with Crippen LogP contribution >= 0.6 is 0 Å². The van der Waals surface area contributed by atoms with Gasteiger partial charge >= 0.3 is 0 Å². The van der Waals surface area contributed by atoms with Crippen LogP contribution < -0.4 is 15.0 Å². The number of hydrogen-bond acceptors (Lipinski definition) is 5. The molecule has 8 heteroatoms. The maximum Gasteiger partial charge on any atom is 0.259 e. The number of carbonyl (C=O) groups is 2. The van der Waals surface area contributed by atoms with Crippen LogP contribution in [0.5, 0.6) is 5.75 Å². The van der Waals surface area contributed by atoms with Gasteiger partial charge in [0.15, 0.2) is 0 Å². The highest BCUT2D eigenvalue weighted by atomic mass is 16.5. The van der Waals surface area contributed by atoms with Crippen molar-refractivity contribution >= 4 is 23.3 Å². The van der Waals surface area contributed by atoms with Crippen LogP contribution in [-0.4, -0.2) is 40.3 Å². The molecule has 0 bridgehead atoms. The number of methoxy groups -OCH3 is 1. The molecule has 0 aliphatic heterocycles. The van der Waals surface area contributed by atoms with E-state index in [1.54, 1.807) is 66.3 Å². The summed E-state index contributed by atoms with van der Waals surface area (Å²) >= 11 is 0. The molecule has 8 nitrogen and oxygen atoms in total. The fraction of sp³-hybridized carbons (Fsp3) is 0.200. The smallest absolute Gasteiger partial charge is 0.259 e. The maximum atomic E-state index is 13.0. The van der Waals surface area contributed by atoms with Gasteiger partial charge in [0.25, 0.3) is 11.8 Å². The molecule has 2 amide bonds. The van der Waals surface area contributed by atoms with Gasteiger partial charge in [-0.2, -0.15) is 0 Å². The van der Waals surface area contributed by atoms with E-state index in [9.17, 15) is 9.59 Å². The first kappa shape index (κ1) is 22.0. The zero-order chi connectivity index (χ0) is 23.4. The third-order valence-corrected chi connectivity index (χ3v) is 5.42. The summed E-state index contributed by atoms with van der Waals surface area (Å²) in [6.07, 6.45) is 5.53. The van der Waals surface area contributed by atoms with Gasteiger partial charge < -0.3 is 10.1 Å². The minimum absolute atomic E-state index is 0.178. The number of aryl methyl sites for hydroxylation is 1. The molecule has 4 rings (SSSR count). The maximum absolute atomic E-state index is 13.0. The van der Waals surface area contributed by atoms with Crippen molar-refractivity contribution < 1.29 is 14.3 Å². The molecule has 0 spiro atoms. The number of aromatic nitrogens is 3. The summed E-state index contributed by atoms with van der Waals surface area (Å²) in [4.78, 5) is 36.1. The number of hydrogen-bond donors (Lipinski definition) is 1. The number of nitrogens with zero attached hydrogens (tertiary/aromatic N) is 4. The van der Waals surface area contributed by atoms with Crippen LogP contribution in [0.1, 0.15) is 38.9 Å². The Hall–Kier alpha value is -4.20. The van der Waals surface area contributed by atoms with Crippen LogP contribution in [0.25, 0.3) is 5.65 Å². The van der Waals surface area contributed by atoms with Crippen LogP contribution in [0, 0.1) is 0 Å². The van der Waals surface area contributed by atoms with Crippen molar-refractivity contribution in [3.8, 4) is 5.75 Å². The summed E-state index contributed by atoms with van der Waals surface area (Å²) in [5.41, 5.74) is 3.41. The molecule has 1 N–H and O–H groups in total. The Balaban J connectivity index is 1.60. The summed E-state index contributed by atoms with van der Waals surface area (Å²) in [6, 6.07) is 14.4. The van der Waals surface area contributed by atoms with Crippen LogP contribution in [0.2, 0.25) is 0 Å². The zero-order valence-corrected chi connectivity index (χ0v) is 18.8. The van der Waals surface area contributed by atoms with E-state index >= 15 is 0 Å². The number of benzene rings is 1. The first-order valence-electron chi connectivity index (χ1n) is 10.6. The Morgan fingerprint density at radius 3 is 2.42 bits per heavy atom. The van der Waals surface area contributed by atoms with Crippen LogP contribution in [0.4, 0.5) is 5.82 Å². The van der Waals surface area contributed by atoms with E-state index in [0.717, 1.165) is 17.0 Å². The van der Waals surface area contributed by atoms with Gasteiger partial charge in [0.1, 0.15) is 17.2 Å². The second-order valence-electron chi connectivity index (χ2n) is 7.51. The quantitative estimate of drug-likeness (QED) is 0.472. The Morgan fingerprint density at radius 2 is 1.76 bits per heavy atom. The molecule has 1 aromatic carbocycles. The van der Waals surface area contributed by atoms with Crippen LogP contribution in [0.3, 0.4) is 0 Å². The van der Waals surface area contributed by atoms with Gasteiger partial charge in [-0.25, -0.2) is 4.98 Å². The third kappa shape index (κ3) is 4.55. The average molecular weight is 444 g/mol. The van der Waals surface area contributed by atoms with Gasteiger partial charge in [-0.15, -0.1) is 0 Å². The van der Waals surface area contributed by atoms with Gasteiger partial charge in [-0.1, -0.05) is 19.1 Å². The monoisotopic (exact) mass is 443 g/mol. The van der Waals surface area contributed by atoms with Crippen molar-refractivity contribution in [2.24, 2.45) is 0 Å². The highest BCUT2D eigenvalue weighted by Gasteiger charge is 2.22. The molecule has 33 heavy (non-hydrogen) atoms. The van der Waals surface area contributed by atoms with Crippen molar-refractivity contribution in [2.75, 3.05) is 19.1 Å². The topological polar surface area (TPSA) is 88.8 Å². The van der Waals surface area contributed by atoms with Crippen molar-refractivity contribution in [3.05, 3.63) is 89.5 Å². The second kappa shape index (κ2) is 9.52. The predicted molar refractivity (Wildman–Crippen MR) is 126 cm³/mol. The van der Waals surface area contributed by atoms with E-state index in [-0.39, 0.29) is 11.8 Å². The number of fused-ring (bicyclic) bond motifs is 1. The molecule has 0 fully saturated rings. The summed E-state index contributed by atoms with van der Waals surface area (Å²) in [6.45, 7) is 2.37. The summed E-state index contributed by atoms with van der Waals surface area (Å²) in [5, 5.41) is 2.93. The van der Waals surface area contributed by atoms with E-state index < -0.39 is 0 Å². The summed E-state index contributed by atoms with van der Waals surface area (Å²) in [5.74, 6) is 1.01. The van der Waals surface area contributed by atoms with Crippen molar-refractivity contribution in [3.63, 3.8) is 0 Å². The number of rotatable bonds is 7. The lowest BCUT2D eigenvalue weighted by Crippen LogP contribution is -2.28. The Bertz CT molecular complexity index is 1280. The molecule has 168 valence electrons. The van der Waals surface area contributed by atoms with Gasteiger partial charge in [0.05, 0.1) is 18.4 Å². The van der Waals surface area contributed by atoms with Crippen LogP contribution in [-0.2, 0) is 13.0 Å². The summed E-state index contributed by atoms with van der Waals surface area (Å²) < 4.78 is 6.96. The standard InChI is InChI=1S/C25H25N5O3/c1-4-21-24(29(2)25(32)18-11-13-26-14-12-18)30-16-19(7-10-22(30)28-21)23(31)27-15-17-5-8-20(33-3)9-6-17/h5-14,16H,4,15H2,1-3H3,(H,27,31). The van der Waals surface area contributed by atoms with Gasteiger partial charge in [0.2, 0.25) is 0 Å². The average Bonchev–Trinajstić information content (AvgIpc) is 3.25. The number of amides is 2. The number of ether oxygens (including phenoxy) is 1. The third-order valence-electron chi connectivity index (χ3n) is 5.42. The number of imidazole rings is 1. The molecule has 0 radical (unpaired) electrons. The number of nitrogens with one attached hydrogen (secondary N) is 1. The highest BCUT2D eigenvalue weighted by molar-refractivity contribution is 6.05. The normalized spacial score (nSPS) is 10.8. The lowest BCUT2D eigenvalue weighted by Gasteiger charge is -2.18. The molecule has 0 saturated heterocycles. The molecule has 0 atom stereocenters. The number of pyridine rings is 2. The van der Waals surface area contributed by atoms with Gasteiger partial charge in [0, 0.05) is 37.7 Å². The first-order chi connectivity index (χ1) is 16.0. The zero-order valence-electron chi connectivity index (χ0n) is 18.8. The van der Waals surface area contributed by atoms with Gasteiger partial charge in [-0.05, 0) is 48.4 Å². The van der Waals surface area contributed by atoms with E-state index in [4.69, 9.17) is 4.74 Å². The van der Waals surface area contributed by atoms with Gasteiger partial charge in [-0.3, -0.25) is 23.9 Å². The molecular formula is C25H25N5O3. The van der Waals surface area contributed by atoms with Crippen LogP contribution in [0.15, 0.2) is 67.1 Å². The molecule has 4 aromatic rings. The Labute approximate surface area is 191 Å².